The van der Waals surface area contributed by atoms with E-state index in [-0.39, 0.29) is 0 Å². The highest BCUT2D eigenvalue weighted by Gasteiger charge is 2.16. The summed E-state index contributed by atoms with van der Waals surface area (Å²) in [6.07, 6.45) is 3.86. The van der Waals surface area contributed by atoms with Crippen molar-refractivity contribution in [1.29, 1.82) is 0 Å². The van der Waals surface area contributed by atoms with Crippen LogP contribution in [0.3, 0.4) is 0 Å². The summed E-state index contributed by atoms with van der Waals surface area (Å²) in [6, 6.07) is 8.98. The smallest absolute Gasteiger partial charge is 0.0205 e. The summed E-state index contributed by atoms with van der Waals surface area (Å²) >= 11 is 0. The minimum absolute atomic E-state index is 0.832. The molecule has 1 aromatic rings. The topological polar surface area (TPSA) is 15.3 Å². The first-order chi connectivity index (χ1) is 8.78. The van der Waals surface area contributed by atoms with Gasteiger partial charge in [-0.2, -0.15) is 0 Å². The lowest BCUT2D eigenvalue weighted by molar-refractivity contribution is 0.206. The summed E-state index contributed by atoms with van der Waals surface area (Å²) in [7, 11) is 2.23. The second-order valence-electron chi connectivity index (χ2n) is 5.57. The number of hydrogen-bond donors (Lipinski definition) is 1. The first kappa shape index (κ1) is 13.6. The standard InChI is InChI=1S/C16H26N2/c1-3-14-6-8-15(9-7-14)11-17-12-16-5-4-10-18(2)13-16/h6-9,16-17H,3-5,10-13H2,1-2H3. The van der Waals surface area contributed by atoms with E-state index in [4.69, 9.17) is 0 Å². The minimum atomic E-state index is 0.832. The number of benzene rings is 1. The van der Waals surface area contributed by atoms with Crippen LogP contribution in [-0.4, -0.2) is 31.6 Å². The van der Waals surface area contributed by atoms with Crippen LogP contribution in [0.4, 0.5) is 0 Å². The molecule has 2 rings (SSSR count). The molecule has 1 saturated heterocycles. The lowest BCUT2D eigenvalue weighted by atomic mass is 9.98. The SMILES string of the molecule is CCc1ccc(CNCC2CCCN(C)C2)cc1. The summed E-state index contributed by atoms with van der Waals surface area (Å²) in [5, 5.41) is 3.60. The molecule has 0 spiro atoms. The minimum Gasteiger partial charge on any atom is -0.312 e. The highest BCUT2D eigenvalue weighted by atomic mass is 15.1. The van der Waals surface area contributed by atoms with E-state index in [1.807, 2.05) is 0 Å². The lowest BCUT2D eigenvalue weighted by Gasteiger charge is -2.29. The van der Waals surface area contributed by atoms with Crippen molar-refractivity contribution in [1.82, 2.24) is 10.2 Å². The van der Waals surface area contributed by atoms with Gasteiger partial charge in [0.05, 0.1) is 0 Å². The third-order valence-corrected chi connectivity index (χ3v) is 3.92. The number of nitrogens with one attached hydrogen (secondary N) is 1. The number of piperidine rings is 1. The first-order valence-corrected chi connectivity index (χ1v) is 7.25. The zero-order valence-corrected chi connectivity index (χ0v) is 11.8. The fourth-order valence-corrected chi connectivity index (χ4v) is 2.75. The van der Waals surface area contributed by atoms with Crippen LogP contribution in [-0.2, 0) is 13.0 Å². The van der Waals surface area contributed by atoms with E-state index in [1.165, 1.54) is 37.1 Å². The first-order valence-electron chi connectivity index (χ1n) is 7.25. The van der Waals surface area contributed by atoms with Crippen LogP contribution in [0.5, 0.6) is 0 Å². The molecule has 18 heavy (non-hydrogen) atoms. The van der Waals surface area contributed by atoms with Gasteiger partial charge in [0.2, 0.25) is 0 Å². The van der Waals surface area contributed by atoms with Gasteiger partial charge in [0.15, 0.2) is 0 Å². The molecule has 1 fully saturated rings. The Balaban J connectivity index is 1.70. The van der Waals surface area contributed by atoms with Gasteiger partial charge >= 0.3 is 0 Å². The Kier molecular flexibility index (Phi) is 5.21. The number of nitrogens with zero attached hydrogens (tertiary/aromatic N) is 1. The average Bonchev–Trinajstić information content (AvgIpc) is 2.40. The maximum Gasteiger partial charge on any atom is 0.0205 e. The lowest BCUT2D eigenvalue weighted by Crippen LogP contribution is -2.37. The second-order valence-corrected chi connectivity index (χ2v) is 5.57. The molecule has 1 aromatic carbocycles. The molecule has 0 amide bonds. The van der Waals surface area contributed by atoms with E-state index in [9.17, 15) is 0 Å². The van der Waals surface area contributed by atoms with Crippen LogP contribution >= 0.6 is 0 Å². The summed E-state index contributed by atoms with van der Waals surface area (Å²) in [5.74, 6) is 0.832. The van der Waals surface area contributed by atoms with Crippen LogP contribution in [0.1, 0.15) is 30.9 Å². The molecule has 0 radical (unpaired) electrons. The fourth-order valence-electron chi connectivity index (χ4n) is 2.75. The van der Waals surface area contributed by atoms with Crippen LogP contribution in [0, 0.1) is 5.92 Å². The quantitative estimate of drug-likeness (QED) is 0.859. The number of rotatable bonds is 5. The van der Waals surface area contributed by atoms with Gasteiger partial charge in [-0.25, -0.2) is 0 Å². The predicted molar refractivity (Wildman–Crippen MR) is 77.7 cm³/mol. The maximum atomic E-state index is 3.60. The zero-order valence-electron chi connectivity index (χ0n) is 11.8. The van der Waals surface area contributed by atoms with E-state index in [0.717, 1.165) is 25.4 Å². The zero-order chi connectivity index (χ0) is 12.8. The summed E-state index contributed by atoms with van der Waals surface area (Å²) < 4.78 is 0. The molecule has 1 N–H and O–H groups in total. The highest BCUT2D eigenvalue weighted by Crippen LogP contribution is 2.14. The van der Waals surface area contributed by atoms with Crippen molar-refractivity contribution >= 4 is 0 Å². The summed E-state index contributed by atoms with van der Waals surface area (Å²) in [6.45, 7) is 6.88. The van der Waals surface area contributed by atoms with E-state index < -0.39 is 0 Å². The summed E-state index contributed by atoms with van der Waals surface area (Å²) in [5.41, 5.74) is 2.82. The van der Waals surface area contributed by atoms with Gasteiger partial charge in [-0.3, -0.25) is 0 Å². The maximum absolute atomic E-state index is 3.60. The van der Waals surface area contributed by atoms with Crippen molar-refractivity contribution in [3.05, 3.63) is 35.4 Å². The average molecular weight is 246 g/mol. The molecule has 0 saturated carbocycles. The highest BCUT2D eigenvalue weighted by molar-refractivity contribution is 5.22. The Labute approximate surface area is 111 Å². The monoisotopic (exact) mass is 246 g/mol. The van der Waals surface area contributed by atoms with Crippen LogP contribution < -0.4 is 5.32 Å². The Morgan fingerprint density at radius 1 is 1.22 bits per heavy atom. The normalized spacial score (nSPS) is 21.1. The van der Waals surface area contributed by atoms with Crippen LogP contribution in [0.15, 0.2) is 24.3 Å². The van der Waals surface area contributed by atoms with E-state index in [2.05, 4.69) is 48.5 Å². The second kappa shape index (κ2) is 6.91. The van der Waals surface area contributed by atoms with Gasteiger partial charge in [-0.15, -0.1) is 0 Å². The molecule has 0 bridgehead atoms. The number of aryl methyl sites for hydroxylation is 1. The number of hydrogen-bond acceptors (Lipinski definition) is 2. The molecule has 0 aliphatic carbocycles. The van der Waals surface area contributed by atoms with Crippen LogP contribution in [0.25, 0.3) is 0 Å². The molecule has 100 valence electrons. The van der Waals surface area contributed by atoms with Gasteiger partial charge in [0.25, 0.3) is 0 Å². The Morgan fingerprint density at radius 2 is 1.94 bits per heavy atom. The van der Waals surface area contributed by atoms with Gasteiger partial charge < -0.3 is 10.2 Å². The van der Waals surface area contributed by atoms with Crippen molar-refractivity contribution in [2.45, 2.75) is 32.7 Å². The van der Waals surface area contributed by atoms with Gasteiger partial charge in [0, 0.05) is 13.1 Å². The molecule has 1 aliphatic rings. The van der Waals surface area contributed by atoms with Gasteiger partial charge in [0.1, 0.15) is 0 Å². The molecule has 2 nitrogen and oxygen atoms in total. The largest absolute Gasteiger partial charge is 0.312 e. The van der Waals surface area contributed by atoms with E-state index >= 15 is 0 Å². The van der Waals surface area contributed by atoms with Crippen molar-refractivity contribution in [2.75, 3.05) is 26.7 Å². The molecule has 2 heteroatoms. The Bertz CT molecular complexity index is 345. The van der Waals surface area contributed by atoms with Gasteiger partial charge in [-0.1, -0.05) is 31.2 Å². The third kappa shape index (κ3) is 4.11. The molecule has 1 atom stereocenters. The molecule has 0 aromatic heterocycles. The molecular weight excluding hydrogens is 220 g/mol. The van der Waals surface area contributed by atoms with Crippen molar-refractivity contribution in [3.63, 3.8) is 0 Å². The third-order valence-electron chi connectivity index (χ3n) is 3.92. The molecule has 1 unspecified atom stereocenters. The van der Waals surface area contributed by atoms with Gasteiger partial charge in [-0.05, 0) is 56.4 Å². The molecule has 1 aliphatic heterocycles. The molecule has 1 heterocycles. The van der Waals surface area contributed by atoms with E-state index in [1.54, 1.807) is 0 Å². The summed E-state index contributed by atoms with van der Waals surface area (Å²) in [4.78, 5) is 2.45. The van der Waals surface area contributed by atoms with Crippen molar-refractivity contribution in [3.8, 4) is 0 Å². The fraction of sp³-hybridized carbons (Fsp3) is 0.625. The van der Waals surface area contributed by atoms with Crippen molar-refractivity contribution < 1.29 is 0 Å². The van der Waals surface area contributed by atoms with Crippen LogP contribution in [0.2, 0.25) is 0 Å². The van der Waals surface area contributed by atoms with E-state index in [0.29, 0.717) is 0 Å². The molecular formula is C16H26N2. The number of likely N-dealkylation sites (tertiary alicyclic amines) is 1. The Morgan fingerprint density at radius 3 is 2.61 bits per heavy atom. The van der Waals surface area contributed by atoms with Crippen molar-refractivity contribution in [2.24, 2.45) is 5.92 Å². The predicted octanol–water partition coefficient (Wildman–Crippen LogP) is 2.68. The Hall–Kier alpha value is -0.860.